The van der Waals surface area contributed by atoms with Gasteiger partial charge in [0.1, 0.15) is 0 Å². The Morgan fingerprint density at radius 1 is 0.929 bits per heavy atom. The number of hydroxylamine groups is 1. The van der Waals surface area contributed by atoms with Gasteiger partial charge in [-0.05, 0) is 51.9 Å². The van der Waals surface area contributed by atoms with Crippen molar-refractivity contribution >= 4 is 11.9 Å². The Balaban J connectivity index is 3.68. The van der Waals surface area contributed by atoms with Gasteiger partial charge in [0.05, 0.1) is 0 Å². The van der Waals surface area contributed by atoms with E-state index in [0.717, 1.165) is 38.5 Å². The van der Waals surface area contributed by atoms with Crippen LogP contribution in [0.25, 0.3) is 0 Å². The van der Waals surface area contributed by atoms with Crippen molar-refractivity contribution in [2.24, 2.45) is 5.92 Å². The number of carbonyl (C=O) groups is 2. The second-order valence-corrected chi connectivity index (χ2v) is 7.41. The van der Waals surface area contributed by atoms with Crippen LogP contribution in [-0.4, -0.2) is 11.9 Å². The highest BCUT2D eigenvalue weighted by atomic mass is 16.7. The molecule has 0 aliphatic carbocycles. The molecule has 4 nitrogen and oxygen atoms in total. The summed E-state index contributed by atoms with van der Waals surface area (Å²) in [5.41, 5.74) is 2.52. The van der Waals surface area contributed by atoms with Crippen molar-refractivity contribution in [3.63, 3.8) is 0 Å². The number of hydrogen-bond donors (Lipinski definition) is 1. The van der Waals surface area contributed by atoms with Crippen molar-refractivity contribution < 1.29 is 14.4 Å². The Hall–Kier alpha value is -1.84. The van der Waals surface area contributed by atoms with Gasteiger partial charge in [-0.2, -0.15) is 5.48 Å². The van der Waals surface area contributed by atoms with E-state index in [2.05, 4.69) is 43.3 Å². The molecule has 0 aromatic carbocycles. The third-order valence-corrected chi connectivity index (χ3v) is 4.71. The fraction of sp³-hybridized carbons (Fsp3) is 0.667. The molecule has 0 saturated heterocycles. The van der Waals surface area contributed by atoms with E-state index in [-0.39, 0.29) is 17.4 Å². The van der Waals surface area contributed by atoms with Crippen LogP contribution in [0.2, 0.25) is 0 Å². The second kappa shape index (κ2) is 18.5. The molecule has 4 heteroatoms. The summed E-state index contributed by atoms with van der Waals surface area (Å²) in [7, 11) is 0. The number of allylic oxidation sites excluding steroid dienone is 4. The summed E-state index contributed by atoms with van der Waals surface area (Å²) < 4.78 is 0. The molecule has 0 aliphatic rings. The van der Waals surface area contributed by atoms with E-state index in [9.17, 15) is 9.59 Å². The van der Waals surface area contributed by atoms with Crippen LogP contribution in [0.3, 0.4) is 0 Å². The minimum absolute atomic E-state index is 0.109. The molecule has 0 spiro atoms. The van der Waals surface area contributed by atoms with Gasteiger partial charge in [0, 0.05) is 11.5 Å². The molecule has 1 N–H and O–H groups in total. The maximum atomic E-state index is 12.0. The number of nitrogens with one attached hydrogen (secondary N) is 1. The van der Waals surface area contributed by atoms with Crippen LogP contribution in [0.15, 0.2) is 36.5 Å². The molecule has 160 valence electrons. The third kappa shape index (κ3) is 15.2. The monoisotopic (exact) mass is 391 g/mol. The zero-order chi connectivity index (χ0) is 21.0. The maximum absolute atomic E-state index is 12.0. The van der Waals surface area contributed by atoms with Crippen LogP contribution < -0.4 is 5.48 Å². The summed E-state index contributed by atoms with van der Waals surface area (Å²) in [5, 5.41) is 0. The highest BCUT2D eigenvalue weighted by Crippen LogP contribution is 2.15. The van der Waals surface area contributed by atoms with Gasteiger partial charge >= 0.3 is 5.97 Å². The summed E-state index contributed by atoms with van der Waals surface area (Å²) in [6.45, 7) is 9.24. The Kier molecular flexibility index (Phi) is 17.3. The molecule has 0 aromatic heterocycles. The van der Waals surface area contributed by atoms with E-state index in [1.165, 1.54) is 38.5 Å². The minimum Gasteiger partial charge on any atom is -0.336 e. The molecular weight excluding hydrogens is 350 g/mol. The van der Waals surface area contributed by atoms with E-state index in [0.29, 0.717) is 0 Å². The van der Waals surface area contributed by atoms with Gasteiger partial charge in [-0.15, -0.1) is 0 Å². The molecule has 0 heterocycles. The van der Waals surface area contributed by atoms with Crippen LogP contribution >= 0.6 is 0 Å². The summed E-state index contributed by atoms with van der Waals surface area (Å²) in [5.74, 6) is -0.923. The number of hydrogen-bond acceptors (Lipinski definition) is 3. The first-order chi connectivity index (χ1) is 13.5. The Morgan fingerprint density at radius 2 is 1.54 bits per heavy atom. The summed E-state index contributed by atoms with van der Waals surface area (Å²) in [6.07, 6.45) is 22.4. The molecule has 0 aliphatic heterocycles. The van der Waals surface area contributed by atoms with E-state index < -0.39 is 5.97 Å². The normalized spacial score (nSPS) is 12.4. The molecule has 0 aromatic rings. The maximum Gasteiger partial charge on any atom is 0.358 e. The zero-order valence-electron chi connectivity index (χ0n) is 18.3. The number of rotatable bonds is 16. The minimum atomic E-state index is -0.594. The second-order valence-electron chi connectivity index (χ2n) is 7.41. The van der Waals surface area contributed by atoms with Crippen molar-refractivity contribution in [2.45, 2.75) is 97.8 Å². The molecule has 1 amide bonds. The lowest BCUT2D eigenvalue weighted by atomic mass is 9.97. The summed E-state index contributed by atoms with van der Waals surface area (Å²) in [6, 6.07) is 0. The number of carbonyl (C=O) groups excluding carboxylic acids is 2. The smallest absolute Gasteiger partial charge is 0.336 e. The molecule has 1 unspecified atom stereocenters. The van der Waals surface area contributed by atoms with Gasteiger partial charge in [0.15, 0.2) is 0 Å². The first-order valence-corrected chi connectivity index (χ1v) is 11.0. The van der Waals surface area contributed by atoms with Crippen molar-refractivity contribution in [1.29, 1.82) is 0 Å². The van der Waals surface area contributed by atoms with Crippen molar-refractivity contribution in [3.05, 3.63) is 36.5 Å². The molecule has 0 saturated carbocycles. The lowest BCUT2D eigenvalue weighted by molar-refractivity contribution is -0.156. The first-order valence-electron chi connectivity index (χ1n) is 11.0. The fourth-order valence-electron chi connectivity index (χ4n) is 2.81. The van der Waals surface area contributed by atoms with E-state index in [1.54, 1.807) is 6.92 Å². The van der Waals surface area contributed by atoms with Gasteiger partial charge in [0.2, 0.25) is 0 Å². The molecule has 0 bridgehead atoms. The fourth-order valence-corrected chi connectivity index (χ4v) is 2.81. The van der Waals surface area contributed by atoms with Gasteiger partial charge in [-0.25, -0.2) is 4.79 Å². The average molecular weight is 392 g/mol. The van der Waals surface area contributed by atoms with Crippen molar-refractivity contribution in [3.8, 4) is 0 Å². The van der Waals surface area contributed by atoms with Crippen LogP contribution in [0.4, 0.5) is 0 Å². The van der Waals surface area contributed by atoms with Gasteiger partial charge < -0.3 is 4.84 Å². The molecular formula is C24H41NO3. The van der Waals surface area contributed by atoms with E-state index >= 15 is 0 Å². The largest absolute Gasteiger partial charge is 0.358 e. The Labute approximate surface area is 172 Å². The van der Waals surface area contributed by atoms with Crippen LogP contribution in [0.1, 0.15) is 97.8 Å². The predicted molar refractivity (Wildman–Crippen MR) is 118 cm³/mol. The molecule has 0 radical (unpaired) electrons. The third-order valence-electron chi connectivity index (χ3n) is 4.71. The Bertz CT molecular complexity index is 494. The zero-order valence-corrected chi connectivity index (χ0v) is 18.3. The number of unbranched alkanes of at least 4 members (excludes halogenated alkanes) is 7. The van der Waals surface area contributed by atoms with Crippen molar-refractivity contribution in [1.82, 2.24) is 5.48 Å². The van der Waals surface area contributed by atoms with Gasteiger partial charge in [0.25, 0.3) is 5.91 Å². The van der Waals surface area contributed by atoms with E-state index in [1.807, 2.05) is 6.92 Å². The van der Waals surface area contributed by atoms with Crippen LogP contribution in [-0.2, 0) is 14.4 Å². The lowest BCUT2D eigenvalue weighted by Gasteiger charge is -2.14. The van der Waals surface area contributed by atoms with E-state index in [4.69, 9.17) is 4.84 Å². The predicted octanol–water partition coefficient (Wildman–Crippen LogP) is 6.59. The Morgan fingerprint density at radius 3 is 2.11 bits per heavy atom. The number of amides is 1. The topological polar surface area (TPSA) is 55.4 Å². The standard InChI is InChI=1S/C24H41NO3/c1-5-7-8-9-10-11-12-13-14-15-16-17-18-19-20-22(6-2)23(26)25-28-24(27)21(3)4/h10-11,13-14,22H,3,5-9,12,15-20H2,1-2,4H3,(H,25,26). The molecule has 0 fully saturated rings. The highest BCUT2D eigenvalue weighted by Gasteiger charge is 2.17. The van der Waals surface area contributed by atoms with Crippen molar-refractivity contribution in [2.75, 3.05) is 0 Å². The average Bonchev–Trinajstić information content (AvgIpc) is 2.68. The summed E-state index contributed by atoms with van der Waals surface area (Å²) >= 11 is 0. The van der Waals surface area contributed by atoms with Gasteiger partial charge in [-0.1, -0.05) is 76.8 Å². The molecule has 0 rings (SSSR count). The van der Waals surface area contributed by atoms with Crippen LogP contribution in [0, 0.1) is 5.92 Å². The SMILES string of the molecule is C=C(C)C(=O)ONC(=O)C(CC)CCCCCCC=CCC=CCCCCC. The van der Waals surface area contributed by atoms with Gasteiger partial charge in [-0.3, -0.25) is 4.79 Å². The lowest BCUT2D eigenvalue weighted by Crippen LogP contribution is -2.32. The highest BCUT2D eigenvalue weighted by molar-refractivity contribution is 5.88. The summed E-state index contributed by atoms with van der Waals surface area (Å²) in [4.78, 5) is 28.1. The first kappa shape index (κ1) is 26.2. The molecule has 28 heavy (non-hydrogen) atoms. The van der Waals surface area contributed by atoms with Crippen LogP contribution in [0.5, 0.6) is 0 Å². The quantitative estimate of drug-likeness (QED) is 0.140. The molecule has 1 atom stereocenters.